The van der Waals surface area contributed by atoms with Crippen molar-refractivity contribution in [3.05, 3.63) is 53.1 Å². The SMILES string of the molecule is CCC#Cc1ccc2c(c1)C(=O)Cc1cc(O)ccc1-2. The van der Waals surface area contributed by atoms with Crippen LogP contribution in [0.5, 0.6) is 5.75 Å². The fraction of sp³-hybridized carbons (Fsp3) is 0.167. The van der Waals surface area contributed by atoms with E-state index in [0.29, 0.717) is 6.42 Å². The second-order valence-electron chi connectivity index (χ2n) is 4.86. The van der Waals surface area contributed by atoms with Gasteiger partial charge in [-0.1, -0.05) is 30.9 Å². The summed E-state index contributed by atoms with van der Waals surface area (Å²) >= 11 is 0. The van der Waals surface area contributed by atoms with E-state index in [-0.39, 0.29) is 11.5 Å². The Kier molecular flexibility index (Phi) is 3.04. The first-order chi connectivity index (χ1) is 9.69. The number of Topliss-reactive ketones (excluding diaryl/α,β-unsaturated/α-hetero) is 1. The average Bonchev–Trinajstić information content (AvgIpc) is 2.45. The Morgan fingerprint density at radius 1 is 1.10 bits per heavy atom. The van der Waals surface area contributed by atoms with E-state index in [0.717, 1.165) is 34.2 Å². The molecule has 2 aromatic rings. The van der Waals surface area contributed by atoms with Gasteiger partial charge in [0.05, 0.1) is 0 Å². The van der Waals surface area contributed by atoms with Gasteiger partial charge in [0.2, 0.25) is 0 Å². The summed E-state index contributed by atoms with van der Waals surface area (Å²) in [5.41, 5.74) is 4.44. The molecule has 98 valence electrons. The molecule has 1 N–H and O–H groups in total. The lowest BCUT2D eigenvalue weighted by atomic mass is 9.84. The number of phenols is 1. The van der Waals surface area contributed by atoms with Crippen molar-refractivity contribution in [1.82, 2.24) is 0 Å². The van der Waals surface area contributed by atoms with E-state index in [1.807, 2.05) is 31.2 Å². The minimum absolute atomic E-state index is 0.0817. The van der Waals surface area contributed by atoms with Crippen molar-refractivity contribution < 1.29 is 9.90 Å². The van der Waals surface area contributed by atoms with Crippen LogP contribution in [-0.2, 0) is 6.42 Å². The summed E-state index contributed by atoms with van der Waals surface area (Å²) in [5, 5.41) is 9.53. The number of carbonyl (C=O) groups is 1. The summed E-state index contributed by atoms with van der Waals surface area (Å²) in [4.78, 5) is 12.3. The van der Waals surface area contributed by atoms with Gasteiger partial charge in [0, 0.05) is 24.0 Å². The van der Waals surface area contributed by atoms with Crippen LogP contribution in [0.1, 0.15) is 34.8 Å². The normalized spacial score (nSPS) is 12.2. The van der Waals surface area contributed by atoms with Crippen molar-refractivity contribution in [3.63, 3.8) is 0 Å². The van der Waals surface area contributed by atoms with E-state index in [4.69, 9.17) is 0 Å². The molecule has 2 nitrogen and oxygen atoms in total. The standard InChI is InChI=1S/C18H14O2/c1-2-3-4-12-5-7-16-15-8-6-14(19)10-13(15)11-18(20)17(16)9-12/h5-10,19H,2,11H2,1H3. The van der Waals surface area contributed by atoms with Gasteiger partial charge in [-0.05, 0) is 41.0 Å². The van der Waals surface area contributed by atoms with E-state index in [9.17, 15) is 9.90 Å². The highest BCUT2D eigenvalue weighted by atomic mass is 16.3. The molecule has 2 heteroatoms. The lowest BCUT2D eigenvalue weighted by molar-refractivity contribution is 0.0992. The molecule has 0 saturated carbocycles. The number of hydrogen-bond donors (Lipinski definition) is 1. The number of benzene rings is 2. The van der Waals surface area contributed by atoms with Crippen LogP contribution in [0.3, 0.4) is 0 Å². The molecule has 0 unspecified atom stereocenters. The molecule has 0 heterocycles. The highest BCUT2D eigenvalue weighted by molar-refractivity contribution is 6.07. The fourth-order valence-electron chi connectivity index (χ4n) is 2.54. The van der Waals surface area contributed by atoms with Gasteiger partial charge < -0.3 is 5.11 Å². The van der Waals surface area contributed by atoms with Gasteiger partial charge in [-0.25, -0.2) is 0 Å². The van der Waals surface area contributed by atoms with Gasteiger partial charge in [-0.15, -0.1) is 0 Å². The highest BCUT2D eigenvalue weighted by Gasteiger charge is 2.22. The quantitative estimate of drug-likeness (QED) is 0.737. The zero-order valence-electron chi connectivity index (χ0n) is 11.2. The molecule has 1 aliphatic rings. The molecule has 0 radical (unpaired) electrons. The molecule has 0 amide bonds. The van der Waals surface area contributed by atoms with Crippen molar-refractivity contribution in [2.24, 2.45) is 0 Å². The molecule has 3 rings (SSSR count). The van der Waals surface area contributed by atoms with Crippen LogP contribution < -0.4 is 0 Å². The Morgan fingerprint density at radius 2 is 1.90 bits per heavy atom. The predicted octanol–water partition coefficient (Wildman–Crippen LogP) is 3.56. The van der Waals surface area contributed by atoms with Gasteiger partial charge in [0.25, 0.3) is 0 Å². The second-order valence-corrected chi connectivity index (χ2v) is 4.86. The van der Waals surface area contributed by atoms with E-state index < -0.39 is 0 Å². The molecule has 0 saturated heterocycles. The van der Waals surface area contributed by atoms with Crippen molar-refractivity contribution in [3.8, 4) is 28.7 Å². The van der Waals surface area contributed by atoms with Crippen molar-refractivity contribution in [1.29, 1.82) is 0 Å². The second kappa shape index (κ2) is 4.86. The van der Waals surface area contributed by atoms with E-state index in [1.54, 1.807) is 12.1 Å². The number of hydrogen-bond acceptors (Lipinski definition) is 2. The summed E-state index contributed by atoms with van der Waals surface area (Å²) in [5.74, 6) is 6.36. The summed E-state index contributed by atoms with van der Waals surface area (Å²) in [6.07, 6.45) is 1.13. The van der Waals surface area contributed by atoms with Gasteiger partial charge in [0.1, 0.15) is 5.75 Å². The first kappa shape index (κ1) is 12.5. The first-order valence-electron chi connectivity index (χ1n) is 6.67. The lowest BCUT2D eigenvalue weighted by Crippen LogP contribution is -2.12. The molecule has 0 fully saturated rings. The highest BCUT2D eigenvalue weighted by Crippen LogP contribution is 2.35. The monoisotopic (exact) mass is 262 g/mol. The third-order valence-corrected chi connectivity index (χ3v) is 3.46. The van der Waals surface area contributed by atoms with Gasteiger partial charge in [-0.2, -0.15) is 0 Å². The van der Waals surface area contributed by atoms with E-state index >= 15 is 0 Å². The summed E-state index contributed by atoms with van der Waals surface area (Å²) in [7, 11) is 0. The van der Waals surface area contributed by atoms with Gasteiger partial charge in [0.15, 0.2) is 5.78 Å². The molecule has 20 heavy (non-hydrogen) atoms. The molecule has 0 spiro atoms. The third kappa shape index (κ3) is 2.08. The Labute approximate surface area is 118 Å². The number of carbonyl (C=O) groups excluding carboxylic acids is 1. The Morgan fingerprint density at radius 3 is 2.70 bits per heavy atom. The van der Waals surface area contributed by atoms with Crippen LogP contribution in [0, 0.1) is 11.8 Å². The van der Waals surface area contributed by atoms with Crippen molar-refractivity contribution in [2.75, 3.05) is 0 Å². The fourth-order valence-corrected chi connectivity index (χ4v) is 2.54. The maximum absolute atomic E-state index is 12.3. The number of phenolic OH excluding ortho intramolecular Hbond substituents is 1. The van der Waals surface area contributed by atoms with Crippen LogP contribution >= 0.6 is 0 Å². The topological polar surface area (TPSA) is 37.3 Å². The first-order valence-corrected chi connectivity index (χ1v) is 6.67. The third-order valence-electron chi connectivity index (χ3n) is 3.46. The molecule has 0 bridgehead atoms. The number of rotatable bonds is 0. The van der Waals surface area contributed by atoms with E-state index in [1.165, 1.54) is 0 Å². The van der Waals surface area contributed by atoms with E-state index in [2.05, 4.69) is 11.8 Å². The predicted molar refractivity (Wildman–Crippen MR) is 78.7 cm³/mol. The molecule has 2 aromatic carbocycles. The van der Waals surface area contributed by atoms with Crippen LogP contribution in [0.25, 0.3) is 11.1 Å². The smallest absolute Gasteiger partial charge is 0.167 e. The van der Waals surface area contributed by atoms with Gasteiger partial charge in [-0.3, -0.25) is 4.79 Å². The van der Waals surface area contributed by atoms with Gasteiger partial charge >= 0.3 is 0 Å². The van der Waals surface area contributed by atoms with Crippen LogP contribution in [0.2, 0.25) is 0 Å². The van der Waals surface area contributed by atoms with Crippen LogP contribution in [0.4, 0.5) is 0 Å². The minimum Gasteiger partial charge on any atom is -0.508 e. The van der Waals surface area contributed by atoms with Crippen LogP contribution in [0.15, 0.2) is 36.4 Å². The largest absolute Gasteiger partial charge is 0.508 e. The van der Waals surface area contributed by atoms with Crippen LogP contribution in [-0.4, -0.2) is 10.9 Å². The molecular formula is C18H14O2. The lowest BCUT2D eigenvalue weighted by Gasteiger charge is -2.19. The zero-order chi connectivity index (χ0) is 14.1. The Bertz CT molecular complexity index is 761. The summed E-state index contributed by atoms with van der Waals surface area (Å²) in [6.45, 7) is 2.00. The summed E-state index contributed by atoms with van der Waals surface area (Å²) < 4.78 is 0. The maximum atomic E-state index is 12.3. The number of ketones is 1. The molecule has 1 aliphatic carbocycles. The Hall–Kier alpha value is -2.53. The number of fused-ring (bicyclic) bond motifs is 3. The average molecular weight is 262 g/mol. The Balaban J connectivity index is 2.16. The molecular weight excluding hydrogens is 248 g/mol. The zero-order valence-corrected chi connectivity index (χ0v) is 11.2. The van der Waals surface area contributed by atoms with Crippen molar-refractivity contribution in [2.45, 2.75) is 19.8 Å². The van der Waals surface area contributed by atoms with Crippen molar-refractivity contribution >= 4 is 5.78 Å². The molecule has 0 aromatic heterocycles. The molecule has 0 aliphatic heterocycles. The summed E-state index contributed by atoms with van der Waals surface area (Å²) in [6, 6.07) is 11.0. The maximum Gasteiger partial charge on any atom is 0.167 e. The number of aromatic hydroxyl groups is 1. The molecule has 0 atom stereocenters. The minimum atomic E-state index is 0.0817.